The van der Waals surface area contributed by atoms with Crippen molar-refractivity contribution in [2.45, 2.75) is 57.9 Å². The molecule has 1 fully saturated rings. The summed E-state index contributed by atoms with van der Waals surface area (Å²) in [5.74, 6) is 3.20. The van der Waals surface area contributed by atoms with Crippen LogP contribution >= 0.6 is 0 Å². The first-order chi connectivity index (χ1) is 10.2. The summed E-state index contributed by atoms with van der Waals surface area (Å²) in [6, 6.07) is 10.5. The standard InChI is InChI=1S/C18H25N3/c1-3-14(4-2)16-17(19)21(18(20-16)15-10-11-15)12-13-8-6-5-7-9-13/h5-9,14-15H,3-4,10-12,19H2,1-2H3. The molecule has 1 saturated carbocycles. The van der Waals surface area contributed by atoms with Gasteiger partial charge in [0.2, 0.25) is 0 Å². The number of imidazole rings is 1. The van der Waals surface area contributed by atoms with Gasteiger partial charge in [0.15, 0.2) is 0 Å². The summed E-state index contributed by atoms with van der Waals surface area (Å²) in [4.78, 5) is 4.95. The lowest BCUT2D eigenvalue weighted by molar-refractivity contribution is 0.626. The van der Waals surface area contributed by atoms with E-state index in [0.29, 0.717) is 11.8 Å². The summed E-state index contributed by atoms with van der Waals surface area (Å²) in [7, 11) is 0. The van der Waals surface area contributed by atoms with Crippen LogP contribution < -0.4 is 5.73 Å². The summed E-state index contributed by atoms with van der Waals surface area (Å²) in [6.45, 7) is 5.28. The largest absolute Gasteiger partial charge is 0.384 e. The molecule has 1 aromatic carbocycles. The fourth-order valence-electron chi connectivity index (χ4n) is 3.06. The fourth-order valence-corrected chi connectivity index (χ4v) is 3.06. The SMILES string of the molecule is CCC(CC)c1nc(C2CC2)n(Cc2ccccc2)c1N. The van der Waals surface area contributed by atoms with Gasteiger partial charge in [-0.25, -0.2) is 4.98 Å². The maximum Gasteiger partial charge on any atom is 0.127 e. The first-order valence-corrected chi connectivity index (χ1v) is 8.14. The van der Waals surface area contributed by atoms with Crippen molar-refractivity contribution < 1.29 is 0 Å². The van der Waals surface area contributed by atoms with E-state index in [1.54, 1.807) is 0 Å². The molecule has 2 aromatic rings. The van der Waals surface area contributed by atoms with E-state index in [1.165, 1.54) is 24.2 Å². The maximum absolute atomic E-state index is 6.47. The molecule has 0 bridgehead atoms. The Bertz CT molecular complexity index is 592. The lowest BCUT2D eigenvalue weighted by atomic mass is 9.99. The molecule has 0 radical (unpaired) electrons. The van der Waals surface area contributed by atoms with Gasteiger partial charge >= 0.3 is 0 Å². The molecule has 1 aliphatic rings. The zero-order chi connectivity index (χ0) is 14.8. The highest BCUT2D eigenvalue weighted by Gasteiger charge is 2.31. The molecule has 112 valence electrons. The molecule has 0 amide bonds. The molecule has 3 nitrogen and oxygen atoms in total. The highest BCUT2D eigenvalue weighted by Crippen LogP contribution is 2.42. The molecule has 0 saturated heterocycles. The number of nitrogens with zero attached hydrogens (tertiary/aromatic N) is 2. The Morgan fingerprint density at radius 3 is 2.43 bits per heavy atom. The monoisotopic (exact) mass is 283 g/mol. The van der Waals surface area contributed by atoms with Crippen molar-refractivity contribution in [1.29, 1.82) is 0 Å². The average molecular weight is 283 g/mol. The van der Waals surface area contributed by atoms with Crippen molar-refractivity contribution in [3.63, 3.8) is 0 Å². The van der Waals surface area contributed by atoms with Crippen molar-refractivity contribution in [2.75, 3.05) is 5.73 Å². The van der Waals surface area contributed by atoms with Crippen LogP contribution in [0, 0.1) is 0 Å². The number of nitrogens with two attached hydrogens (primary N) is 1. The molecule has 2 N–H and O–H groups in total. The third kappa shape index (κ3) is 2.82. The van der Waals surface area contributed by atoms with Gasteiger partial charge < -0.3 is 10.3 Å². The Labute approximate surface area is 127 Å². The summed E-state index contributed by atoms with van der Waals surface area (Å²) in [5.41, 5.74) is 8.88. The minimum absolute atomic E-state index is 0.486. The normalized spacial score (nSPS) is 14.8. The van der Waals surface area contributed by atoms with E-state index in [0.717, 1.165) is 30.9 Å². The van der Waals surface area contributed by atoms with Crippen LogP contribution in [0.2, 0.25) is 0 Å². The van der Waals surface area contributed by atoms with E-state index in [4.69, 9.17) is 10.7 Å². The molecule has 3 rings (SSSR count). The summed E-state index contributed by atoms with van der Waals surface area (Å²) in [6.07, 6.45) is 4.72. The zero-order valence-electron chi connectivity index (χ0n) is 13.0. The number of hydrogen-bond acceptors (Lipinski definition) is 2. The Morgan fingerprint density at radius 1 is 1.19 bits per heavy atom. The number of hydrogen-bond donors (Lipinski definition) is 1. The van der Waals surface area contributed by atoms with Crippen molar-refractivity contribution in [3.8, 4) is 0 Å². The molecule has 1 heterocycles. The second kappa shape index (κ2) is 5.92. The van der Waals surface area contributed by atoms with Gasteiger partial charge in [-0.05, 0) is 31.2 Å². The molecule has 0 atom stereocenters. The number of benzene rings is 1. The number of rotatable bonds is 6. The number of aromatic nitrogens is 2. The summed E-state index contributed by atoms with van der Waals surface area (Å²) in [5, 5.41) is 0. The van der Waals surface area contributed by atoms with Crippen LogP contribution in [0.1, 0.15) is 68.4 Å². The van der Waals surface area contributed by atoms with Gasteiger partial charge in [0.1, 0.15) is 11.6 Å². The van der Waals surface area contributed by atoms with Gasteiger partial charge in [-0.2, -0.15) is 0 Å². The van der Waals surface area contributed by atoms with Crippen LogP contribution in [0.15, 0.2) is 30.3 Å². The van der Waals surface area contributed by atoms with Crippen LogP contribution in [0.25, 0.3) is 0 Å². The molecular formula is C18H25N3. The lowest BCUT2D eigenvalue weighted by Crippen LogP contribution is -2.09. The van der Waals surface area contributed by atoms with E-state index >= 15 is 0 Å². The van der Waals surface area contributed by atoms with E-state index in [-0.39, 0.29) is 0 Å². The molecule has 21 heavy (non-hydrogen) atoms. The van der Waals surface area contributed by atoms with E-state index in [9.17, 15) is 0 Å². The Morgan fingerprint density at radius 2 is 1.86 bits per heavy atom. The van der Waals surface area contributed by atoms with Gasteiger partial charge in [-0.3, -0.25) is 0 Å². The van der Waals surface area contributed by atoms with Gasteiger partial charge in [-0.1, -0.05) is 44.2 Å². The number of anilines is 1. The third-order valence-electron chi connectivity index (χ3n) is 4.56. The Kier molecular flexibility index (Phi) is 4.00. The van der Waals surface area contributed by atoms with Crippen molar-refractivity contribution >= 4 is 5.82 Å². The lowest BCUT2D eigenvalue weighted by Gasteiger charge is -2.12. The van der Waals surface area contributed by atoms with Crippen molar-refractivity contribution in [1.82, 2.24) is 9.55 Å². The second-order valence-corrected chi connectivity index (χ2v) is 6.10. The van der Waals surface area contributed by atoms with Crippen LogP contribution in [0.3, 0.4) is 0 Å². The molecule has 3 heteroatoms. The maximum atomic E-state index is 6.47. The van der Waals surface area contributed by atoms with Gasteiger partial charge in [0.25, 0.3) is 0 Å². The van der Waals surface area contributed by atoms with E-state index in [1.807, 2.05) is 0 Å². The highest BCUT2D eigenvalue weighted by atomic mass is 15.2. The Hall–Kier alpha value is -1.77. The minimum atomic E-state index is 0.486. The molecule has 1 aromatic heterocycles. The number of nitrogen functional groups attached to an aromatic ring is 1. The first-order valence-electron chi connectivity index (χ1n) is 8.14. The van der Waals surface area contributed by atoms with Crippen LogP contribution in [-0.2, 0) is 6.54 Å². The molecule has 1 aliphatic carbocycles. The van der Waals surface area contributed by atoms with Gasteiger partial charge in [-0.15, -0.1) is 0 Å². The second-order valence-electron chi connectivity index (χ2n) is 6.10. The first kappa shape index (κ1) is 14.2. The predicted octanol–water partition coefficient (Wildman–Crippen LogP) is 4.29. The Balaban J connectivity index is 1.97. The predicted molar refractivity (Wildman–Crippen MR) is 87.5 cm³/mol. The smallest absolute Gasteiger partial charge is 0.127 e. The fraction of sp³-hybridized carbons (Fsp3) is 0.500. The van der Waals surface area contributed by atoms with Gasteiger partial charge in [0.05, 0.1) is 12.2 Å². The van der Waals surface area contributed by atoms with Crippen molar-refractivity contribution in [2.24, 2.45) is 0 Å². The zero-order valence-corrected chi connectivity index (χ0v) is 13.0. The molecular weight excluding hydrogens is 258 g/mol. The van der Waals surface area contributed by atoms with Crippen LogP contribution in [0.4, 0.5) is 5.82 Å². The molecule has 0 spiro atoms. The molecule has 0 unspecified atom stereocenters. The van der Waals surface area contributed by atoms with E-state index in [2.05, 4.69) is 48.7 Å². The molecule has 0 aliphatic heterocycles. The van der Waals surface area contributed by atoms with Crippen LogP contribution in [-0.4, -0.2) is 9.55 Å². The van der Waals surface area contributed by atoms with Crippen molar-refractivity contribution in [3.05, 3.63) is 47.4 Å². The average Bonchev–Trinajstić information content (AvgIpc) is 3.30. The quantitative estimate of drug-likeness (QED) is 0.859. The highest BCUT2D eigenvalue weighted by molar-refractivity contribution is 5.43. The van der Waals surface area contributed by atoms with Gasteiger partial charge in [0, 0.05) is 11.8 Å². The van der Waals surface area contributed by atoms with E-state index < -0.39 is 0 Å². The summed E-state index contributed by atoms with van der Waals surface area (Å²) >= 11 is 0. The third-order valence-corrected chi connectivity index (χ3v) is 4.56. The summed E-state index contributed by atoms with van der Waals surface area (Å²) < 4.78 is 2.25. The minimum Gasteiger partial charge on any atom is -0.384 e. The topological polar surface area (TPSA) is 43.8 Å². The van der Waals surface area contributed by atoms with Crippen LogP contribution in [0.5, 0.6) is 0 Å².